The molecule has 38 heavy (non-hydrogen) atoms. The highest BCUT2D eigenvalue weighted by molar-refractivity contribution is 7.16. The van der Waals surface area contributed by atoms with E-state index in [2.05, 4.69) is 60.5 Å². The van der Waals surface area contributed by atoms with Gasteiger partial charge in [-0.3, -0.25) is 4.79 Å². The number of amides is 1. The van der Waals surface area contributed by atoms with Gasteiger partial charge in [0.2, 0.25) is 0 Å². The lowest BCUT2D eigenvalue weighted by Crippen LogP contribution is -2.56. The Morgan fingerprint density at radius 1 is 1.08 bits per heavy atom. The lowest BCUT2D eigenvalue weighted by molar-refractivity contribution is -0.185. The van der Waals surface area contributed by atoms with Crippen molar-refractivity contribution in [3.63, 3.8) is 0 Å². The van der Waals surface area contributed by atoms with Crippen molar-refractivity contribution in [1.29, 1.82) is 5.26 Å². The molecule has 0 spiro atoms. The number of nitrogens with one attached hydrogen (secondary N) is 1. The van der Waals surface area contributed by atoms with Gasteiger partial charge in [-0.2, -0.15) is 5.26 Å². The summed E-state index contributed by atoms with van der Waals surface area (Å²) in [5, 5.41) is 44.1. The molecular weight excluding hydrogens is 502 g/mol. The molecule has 2 aromatic carbocycles. The lowest BCUT2D eigenvalue weighted by atomic mass is 10.00. The van der Waals surface area contributed by atoms with Crippen LogP contribution >= 0.6 is 11.3 Å². The van der Waals surface area contributed by atoms with Crippen molar-refractivity contribution in [3.8, 4) is 16.5 Å². The summed E-state index contributed by atoms with van der Waals surface area (Å²) in [5.41, 5.74) is 2.78. The van der Waals surface area contributed by atoms with Crippen LogP contribution in [0.1, 0.15) is 25.6 Å². The first-order valence-corrected chi connectivity index (χ1v) is 13.5. The van der Waals surface area contributed by atoms with Crippen molar-refractivity contribution >= 4 is 39.3 Å². The summed E-state index contributed by atoms with van der Waals surface area (Å²) in [6.45, 7) is 7.68. The Labute approximate surface area is 226 Å². The smallest absolute Gasteiger partial charge is 0.262 e. The minimum absolute atomic E-state index is 0.0354. The molecular formula is C29H33N3O5S. The van der Waals surface area contributed by atoms with Gasteiger partial charge in [0.15, 0.2) is 0 Å². The van der Waals surface area contributed by atoms with Gasteiger partial charge in [-0.1, -0.05) is 18.2 Å². The maximum atomic E-state index is 12.8. The molecule has 1 aromatic heterocycles. The number of hydrogen-bond donors (Lipinski definition) is 4. The average Bonchev–Trinajstić information content (AvgIpc) is 3.42. The minimum atomic E-state index is -1.36. The summed E-state index contributed by atoms with van der Waals surface area (Å²) < 4.78 is 5.32. The molecule has 200 valence electrons. The summed E-state index contributed by atoms with van der Waals surface area (Å²) in [5.74, 6) is -0.592. The molecule has 1 saturated heterocycles. The Kier molecular flexibility index (Phi) is 8.82. The number of nitrogens with zero attached hydrogens (tertiary/aromatic N) is 2. The number of nitriles is 1. The number of hydrogen-bond acceptors (Lipinski definition) is 8. The minimum Gasteiger partial charge on any atom is -0.388 e. The second-order valence-electron chi connectivity index (χ2n) is 9.32. The van der Waals surface area contributed by atoms with Crippen LogP contribution in [0.5, 0.6) is 0 Å². The van der Waals surface area contributed by atoms with Crippen LogP contribution < -0.4 is 10.2 Å². The van der Waals surface area contributed by atoms with Crippen molar-refractivity contribution < 1.29 is 24.9 Å². The van der Waals surface area contributed by atoms with E-state index < -0.39 is 30.3 Å². The fourth-order valence-electron chi connectivity index (χ4n) is 4.62. The highest BCUT2D eigenvalue weighted by Gasteiger charge is 2.37. The molecule has 1 aliphatic rings. The van der Waals surface area contributed by atoms with Gasteiger partial charge in [-0.25, -0.2) is 0 Å². The monoisotopic (exact) mass is 535 g/mol. The van der Waals surface area contributed by atoms with Crippen molar-refractivity contribution in [2.75, 3.05) is 31.1 Å². The molecule has 0 saturated carbocycles. The normalized spacial score (nSPS) is 22.0. The first kappa shape index (κ1) is 27.8. The maximum absolute atomic E-state index is 12.8. The van der Waals surface area contributed by atoms with Crippen LogP contribution in [0.4, 0.5) is 5.69 Å². The molecule has 1 aliphatic heterocycles. The molecule has 0 bridgehead atoms. The number of aliphatic hydroxyl groups excluding tert-OH is 3. The summed E-state index contributed by atoms with van der Waals surface area (Å²) in [7, 11) is 0. The summed E-state index contributed by atoms with van der Waals surface area (Å²) in [4.78, 5) is 16.9. The van der Waals surface area contributed by atoms with E-state index in [1.807, 2.05) is 18.2 Å². The van der Waals surface area contributed by atoms with Gasteiger partial charge < -0.3 is 30.3 Å². The van der Waals surface area contributed by atoms with Crippen LogP contribution in [0.3, 0.4) is 0 Å². The second-order valence-corrected chi connectivity index (χ2v) is 10.4. The van der Waals surface area contributed by atoms with Crippen molar-refractivity contribution in [1.82, 2.24) is 5.32 Å². The van der Waals surface area contributed by atoms with Crippen molar-refractivity contribution in [2.45, 2.75) is 45.2 Å². The number of rotatable bonds is 8. The fourth-order valence-corrected chi connectivity index (χ4v) is 5.63. The van der Waals surface area contributed by atoms with Crippen molar-refractivity contribution in [2.24, 2.45) is 0 Å². The molecule has 3 aromatic rings. The van der Waals surface area contributed by atoms with E-state index in [0.717, 1.165) is 33.8 Å². The Hall–Kier alpha value is -3.26. The molecule has 2 heterocycles. The molecule has 4 rings (SSSR count). The molecule has 0 unspecified atom stereocenters. The standard InChI is InChI=1S/C29H33N3O5S/c1-4-32(5-2)21-9-8-18-12-20(7-6-19(18)13-21)26-11-10-25(38-26)17(3)22(14-30)29(36)31-15-24-28(35)27(34)23(33)16-37-24/h6-13,23-24,27-28,33-35H,4-5,15-16H2,1-3H3,(H,31,36)/b22-17+/t23-,24+,27+,28+/m0/s1. The molecule has 0 radical (unpaired) electrons. The number of fused-ring (bicyclic) bond motifs is 1. The first-order valence-electron chi connectivity index (χ1n) is 12.7. The van der Waals surface area contributed by atoms with Gasteiger partial charge in [0.05, 0.1) is 6.61 Å². The molecule has 4 atom stereocenters. The van der Waals surface area contributed by atoms with Gasteiger partial charge in [0, 0.05) is 35.1 Å². The van der Waals surface area contributed by atoms with E-state index in [1.165, 1.54) is 22.4 Å². The highest BCUT2D eigenvalue weighted by Crippen LogP contribution is 2.35. The van der Waals surface area contributed by atoms with E-state index in [1.54, 1.807) is 6.92 Å². The number of anilines is 1. The topological polar surface area (TPSA) is 126 Å². The number of carbonyl (C=O) groups excluding carboxylic acids is 1. The van der Waals surface area contributed by atoms with Gasteiger partial charge in [-0.15, -0.1) is 11.3 Å². The van der Waals surface area contributed by atoms with E-state index in [4.69, 9.17) is 4.74 Å². The number of carbonyl (C=O) groups is 1. The second kappa shape index (κ2) is 12.1. The van der Waals surface area contributed by atoms with Crippen LogP contribution in [0, 0.1) is 11.3 Å². The van der Waals surface area contributed by atoms with Gasteiger partial charge in [-0.05, 0) is 73.0 Å². The quantitative estimate of drug-likeness (QED) is 0.258. The molecule has 1 fully saturated rings. The van der Waals surface area contributed by atoms with Crippen LogP contribution in [0.25, 0.3) is 26.8 Å². The van der Waals surface area contributed by atoms with Crippen LogP contribution in [-0.4, -0.2) is 71.9 Å². The third-order valence-corrected chi connectivity index (χ3v) is 8.25. The van der Waals surface area contributed by atoms with E-state index >= 15 is 0 Å². The zero-order valence-corrected chi connectivity index (χ0v) is 22.5. The Bertz CT molecular complexity index is 1370. The average molecular weight is 536 g/mol. The largest absolute Gasteiger partial charge is 0.388 e. The lowest BCUT2D eigenvalue weighted by Gasteiger charge is -2.35. The Balaban J connectivity index is 1.50. The summed E-state index contributed by atoms with van der Waals surface area (Å²) >= 11 is 1.50. The van der Waals surface area contributed by atoms with Gasteiger partial charge in [0.1, 0.15) is 36.1 Å². The van der Waals surface area contributed by atoms with Crippen LogP contribution in [0.15, 0.2) is 54.1 Å². The predicted octanol–water partition coefficient (Wildman–Crippen LogP) is 3.31. The van der Waals surface area contributed by atoms with Gasteiger partial charge >= 0.3 is 0 Å². The van der Waals surface area contributed by atoms with Crippen LogP contribution in [0.2, 0.25) is 0 Å². The van der Waals surface area contributed by atoms with Crippen molar-refractivity contribution in [3.05, 3.63) is 59.0 Å². The number of benzene rings is 2. The number of ether oxygens (including phenoxy) is 1. The number of thiophene rings is 1. The number of aliphatic hydroxyl groups is 3. The molecule has 0 aliphatic carbocycles. The van der Waals surface area contributed by atoms with Crippen LogP contribution in [-0.2, 0) is 9.53 Å². The predicted molar refractivity (Wildman–Crippen MR) is 150 cm³/mol. The summed E-state index contributed by atoms with van der Waals surface area (Å²) in [6.07, 6.45) is -4.78. The summed E-state index contributed by atoms with van der Waals surface area (Å²) in [6, 6.07) is 18.7. The van der Waals surface area contributed by atoms with E-state index in [-0.39, 0.29) is 18.7 Å². The zero-order chi connectivity index (χ0) is 27.4. The molecule has 9 heteroatoms. The Morgan fingerprint density at radius 3 is 2.50 bits per heavy atom. The SMILES string of the molecule is CCN(CC)c1ccc2cc(-c3ccc(/C(C)=C(\C#N)C(=O)NC[C@H]4OC[C@H](O)[C@@H](O)[C@@H]4O)s3)ccc2c1. The van der Waals surface area contributed by atoms with E-state index in [0.29, 0.717) is 5.57 Å². The highest BCUT2D eigenvalue weighted by atomic mass is 32.1. The third kappa shape index (κ3) is 5.75. The number of allylic oxidation sites excluding steroid dienone is 1. The molecule has 1 amide bonds. The molecule has 8 nitrogen and oxygen atoms in total. The Morgan fingerprint density at radius 2 is 1.79 bits per heavy atom. The third-order valence-electron chi connectivity index (χ3n) is 7.00. The zero-order valence-electron chi connectivity index (χ0n) is 21.7. The fraction of sp³-hybridized carbons (Fsp3) is 0.379. The molecule has 4 N–H and O–H groups in total. The first-order chi connectivity index (χ1) is 18.3. The van der Waals surface area contributed by atoms with Gasteiger partial charge in [0.25, 0.3) is 5.91 Å². The maximum Gasteiger partial charge on any atom is 0.262 e. The van der Waals surface area contributed by atoms with E-state index in [9.17, 15) is 25.4 Å².